The van der Waals surface area contributed by atoms with Crippen LogP contribution in [-0.2, 0) is 5.92 Å². The van der Waals surface area contributed by atoms with Gasteiger partial charge in [-0.05, 0) is 12.1 Å². The summed E-state index contributed by atoms with van der Waals surface area (Å²) in [6.45, 7) is 3.59. The number of nitrogens with zero attached hydrogens (tertiary/aromatic N) is 3. The van der Waals surface area contributed by atoms with E-state index in [1.54, 1.807) is 11.1 Å². The lowest BCUT2D eigenvalue weighted by Crippen LogP contribution is -2.17. The molecule has 0 saturated heterocycles. The zero-order valence-electron chi connectivity index (χ0n) is 9.19. The van der Waals surface area contributed by atoms with Crippen molar-refractivity contribution in [2.45, 2.75) is 19.8 Å². The molecule has 0 saturated carbocycles. The SMILES string of the molecule is CC1C=NN(c2ccnc(C(C)(F)F)c2)C1. The van der Waals surface area contributed by atoms with Crippen molar-refractivity contribution in [1.82, 2.24) is 4.98 Å². The molecule has 2 heterocycles. The van der Waals surface area contributed by atoms with Crippen molar-refractivity contribution in [2.75, 3.05) is 11.6 Å². The van der Waals surface area contributed by atoms with Gasteiger partial charge in [-0.1, -0.05) is 6.92 Å². The van der Waals surface area contributed by atoms with E-state index in [0.29, 0.717) is 11.6 Å². The van der Waals surface area contributed by atoms with E-state index in [4.69, 9.17) is 0 Å². The summed E-state index contributed by atoms with van der Waals surface area (Å²) >= 11 is 0. The second-order valence-corrected chi connectivity index (χ2v) is 4.11. The van der Waals surface area contributed by atoms with Gasteiger partial charge in [0.2, 0.25) is 0 Å². The van der Waals surface area contributed by atoms with Gasteiger partial charge < -0.3 is 0 Å². The normalized spacial score (nSPS) is 20.5. The van der Waals surface area contributed by atoms with Crippen molar-refractivity contribution in [3.05, 3.63) is 24.0 Å². The molecule has 3 nitrogen and oxygen atoms in total. The molecule has 1 atom stereocenters. The Morgan fingerprint density at radius 1 is 1.50 bits per heavy atom. The van der Waals surface area contributed by atoms with Gasteiger partial charge in [-0.2, -0.15) is 13.9 Å². The van der Waals surface area contributed by atoms with Crippen LogP contribution in [0, 0.1) is 5.92 Å². The Hall–Kier alpha value is -1.52. The second-order valence-electron chi connectivity index (χ2n) is 4.11. The molecule has 0 fully saturated rings. The molecular formula is C11H13F2N3. The van der Waals surface area contributed by atoms with Gasteiger partial charge in [0, 0.05) is 31.8 Å². The predicted molar refractivity (Wildman–Crippen MR) is 58.8 cm³/mol. The number of rotatable bonds is 2. The lowest BCUT2D eigenvalue weighted by Gasteiger charge is -2.17. The highest BCUT2D eigenvalue weighted by molar-refractivity contribution is 5.67. The first-order valence-electron chi connectivity index (χ1n) is 5.13. The van der Waals surface area contributed by atoms with Crippen molar-refractivity contribution in [3.63, 3.8) is 0 Å². The van der Waals surface area contributed by atoms with Crippen LogP contribution in [-0.4, -0.2) is 17.7 Å². The van der Waals surface area contributed by atoms with Gasteiger partial charge in [-0.25, -0.2) is 0 Å². The van der Waals surface area contributed by atoms with Crippen LogP contribution in [0.25, 0.3) is 0 Å². The van der Waals surface area contributed by atoms with Crippen LogP contribution in [0.15, 0.2) is 23.4 Å². The van der Waals surface area contributed by atoms with Crippen molar-refractivity contribution >= 4 is 11.9 Å². The molecule has 1 unspecified atom stereocenters. The fourth-order valence-corrected chi connectivity index (χ4v) is 1.55. The summed E-state index contributed by atoms with van der Waals surface area (Å²) < 4.78 is 26.2. The van der Waals surface area contributed by atoms with Crippen molar-refractivity contribution < 1.29 is 8.78 Å². The summed E-state index contributed by atoms with van der Waals surface area (Å²) in [6.07, 6.45) is 3.20. The standard InChI is InChI=1S/C11H13F2N3/c1-8-6-15-16(7-8)9-3-4-14-10(5-9)11(2,12)13/h3-6,8H,7H2,1-2H3. The van der Waals surface area contributed by atoms with Gasteiger partial charge in [-0.3, -0.25) is 9.99 Å². The molecule has 86 valence electrons. The summed E-state index contributed by atoms with van der Waals surface area (Å²) in [4.78, 5) is 3.67. The Morgan fingerprint density at radius 2 is 2.25 bits per heavy atom. The van der Waals surface area contributed by atoms with Gasteiger partial charge in [0.05, 0.1) is 5.69 Å². The Kier molecular flexibility index (Phi) is 2.61. The number of aromatic nitrogens is 1. The quantitative estimate of drug-likeness (QED) is 0.774. The number of anilines is 1. The number of halogens is 2. The maximum atomic E-state index is 13.1. The van der Waals surface area contributed by atoms with Gasteiger partial charge >= 0.3 is 0 Å². The number of pyridine rings is 1. The highest BCUT2D eigenvalue weighted by Crippen LogP contribution is 2.28. The lowest BCUT2D eigenvalue weighted by atomic mass is 10.2. The summed E-state index contributed by atoms with van der Waals surface area (Å²) in [5.41, 5.74) is 0.437. The third-order valence-corrected chi connectivity index (χ3v) is 2.41. The van der Waals surface area contributed by atoms with Gasteiger partial charge in [0.25, 0.3) is 5.92 Å². The lowest BCUT2D eigenvalue weighted by molar-refractivity contribution is 0.0128. The minimum Gasteiger partial charge on any atom is -0.265 e. The molecular weight excluding hydrogens is 212 g/mol. The van der Waals surface area contributed by atoms with E-state index in [-0.39, 0.29) is 5.69 Å². The molecule has 0 bridgehead atoms. The third-order valence-electron chi connectivity index (χ3n) is 2.41. The minimum atomic E-state index is -2.91. The molecule has 16 heavy (non-hydrogen) atoms. The van der Waals surface area contributed by atoms with E-state index >= 15 is 0 Å². The first-order valence-corrected chi connectivity index (χ1v) is 5.13. The maximum absolute atomic E-state index is 13.1. The zero-order chi connectivity index (χ0) is 11.8. The molecule has 0 aliphatic carbocycles. The van der Waals surface area contributed by atoms with Gasteiger partial charge in [-0.15, -0.1) is 0 Å². The molecule has 1 aromatic rings. The average molecular weight is 225 g/mol. The second kappa shape index (κ2) is 3.81. The van der Waals surface area contributed by atoms with Crippen LogP contribution in [0.2, 0.25) is 0 Å². The summed E-state index contributed by atoms with van der Waals surface area (Å²) in [6, 6.07) is 3.07. The van der Waals surface area contributed by atoms with Crippen LogP contribution in [0.3, 0.4) is 0 Å². The van der Waals surface area contributed by atoms with Gasteiger partial charge in [0.15, 0.2) is 0 Å². The van der Waals surface area contributed by atoms with E-state index in [1.165, 1.54) is 12.3 Å². The Bertz CT molecular complexity index is 412. The molecule has 0 amide bonds. The number of hydrogen-bond acceptors (Lipinski definition) is 3. The number of alkyl halides is 2. The molecule has 0 spiro atoms. The molecule has 2 rings (SSSR count). The van der Waals surface area contributed by atoms with Crippen LogP contribution in [0.1, 0.15) is 19.5 Å². The van der Waals surface area contributed by atoms with E-state index in [1.807, 2.05) is 13.1 Å². The fraction of sp³-hybridized carbons (Fsp3) is 0.455. The molecule has 1 aliphatic heterocycles. The van der Waals surface area contributed by atoms with Gasteiger partial charge in [0.1, 0.15) is 5.69 Å². The first kappa shape index (κ1) is 11.0. The Morgan fingerprint density at radius 3 is 2.81 bits per heavy atom. The largest absolute Gasteiger partial charge is 0.287 e. The van der Waals surface area contributed by atoms with Crippen LogP contribution < -0.4 is 5.01 Å². The van der Waals surface area contributed by atoms with Crippen LogP contribution >= 0.6 is 0 Å². The molecule has 0 N–H and O–H groups in total. The van der Waals surface area contributed by atoms with Crippen molar-refractivity contribution in [3.8, 4) is 0 Å². The zero-order valence-corrected chi connectivity index (χ0v) is 9.19. The Labute approximate surface area is 92.8 Å². The predicted octanol–water partition coefficient (Wildman–Crippen LogP) is 2.64. The highest BCUT2D eigenvalue weighted by Gasteiger charge is 2.27. The average Bonchev–Trinajstić information content (AvgIpc) is 2.64. The third kappa shape index (κ3) is 2.18. The fourth-order valence-electron chi connectivity index (χ4n) is 1.55. The topological polar surface area (TPSA) is 28.5 Å². The molecule has 0 aromatic carbocycles. The smallest absolute Gasteiger partial charge is 0.265 e. The molecule has 1 aromatic heterocycles. The van der Waals surface area contributed by atoms with Crippen LogP contribution in [0.5, 0.6) is 0 Å². The highest BCUT2D eigenvalue weighted by atomic mass is 19.3. The first-order chi connectivity index (χ1) is 7.47. The molecule has 1 aliphatic rings. The Balaban J connectivity index is 2.27. The van der Waals surface area contributed by atoms with Crippen molar-refractivity contribution in [2.24, 2.45) is 11.0 Å². The molecule has 0 radical (unpaired) electrons. The van der Waals surface area contributed by atoms with Crippen LogP contribution in [0.4, 0.5) is 14.5 Å². The number of hydrogen-bond donors (Lipinski definition) is 0. The monoisotopic (exact) mass is 225 g/mol. The van der Waals surface area contributed by atoms with E-state index in [9.17, 15) is 8.78 Å². The van der Waals surface area contributed by atoms with E-state index < -0.39 is 5.92 Å². The van der Waals surface area contributed by atoms with E-state index in [2.05, 4.69) is 10.1 Å². The summed E-state index contributed by atoms with van der Waals surface area (Å²) in [5, 5.41) is 5.86. The summed E-state index contributed by atoms with van der Waals surface area (Å²) in [7, 11) is 0. The number of hydrazone groups is 1. The summed E-state index contributed by atoms with van der Waals surface area (Å²) in [5.74, 6) is -2.57. The van der Waals surface area contributed by atoms with E-state index in [0.717, 1.165) is 13.5 Å². The minimum absolute atomic E-state index is 0.222. The maximum Gasteiger partial charge on any atom is 0.287 e. The van der Waals surface area contributed by atoms with Crippen molar-refractivity contribution in [1.29, 1.82) is 0 Å². The molecule has 5 heteroatoms.